The van der Waals surface area contributed by atoms with Gasteiger partial charge in [0, 0.05) is 12.1 Å². The maximum absolute atomic E-state index is 12.9. The molecule has 25 heavy (non-hydrogen) atoms. The number of carbonyl (C=O) groups excluding carboxylic acids is 1. The van der Waals surface area contributed by atoms with Gasteiger partial charge in [-0.3, -0.25) is 9.59 Å². The maximum atomic E-state index is 12.9. The van der Waals surface area contributed by atoms with Crippen LogP contribution in [-0.2, 0) is 4.79 Å². The van der Waals surface area contributed by atoms with E-state index in [1.807, 2.05) is 30.3 Å². The van der Waals surface area contributed by atoms with Crippen LogP contribution in [0.25, 0.3) is 0 Å². The lowest BCUT2D eigenvalue weighted by Gasteiger charge is -2.25. The van der Waals surface area contributed by atoms with E-state index in [0.717, 1.165) is 31.2 Å². The summed E-state index contributed by atoms with van der Waals surface area (Å²) in [4.78, 5) is 31.3. The van der Waals surface area contributed by atoms with Crippen LogP contribution in [0.5, 0.6) is 0 Å². The molecule has 1 atom stereocenters. The number of aromatic amines is 1. The number of nitrogens with two attached hydrogens (primary N) is 1. The average molecular weight is 358 g/mol. The molecule has 1 aliphatic rings. The Hall–Kier alpha value is -2.28. The summed E-state index contributed by atoms with van der Waals surface area (Å²) in [6.45, 7) is 0. The van der Waals surface area contributed by atoms with Gasteiger partial charge in [0.1, 0.15) is 11.1 Å². The number of rotatable bonds is 5. The van der Waals surface area contributed by atoms with E-state index in [4.69, 9.17) is 5.73 Å². The van der Waals surface area contributed by atoms with Gasteiger partial charge in [-0.1, -0.05) is 61.4 Å². The molecular weight excluding hydrogens is 336 g/mol. The number of nitrogen functional groups attached to an aromatic ring is 1. The minimum atomic E-state index is -0.493. The molecule has 0 aliphatic heterocycles. The molecule has 4 N–H and O–H groups in total. The number of H-pyrrole nitrogens is 1. The van der Waals surface area contributed by atoms with E-state index in [2.05, 4.69) is 15.3 Å². The molecule has 1 fully saturated rings. The highest BCUT2D eigenvalue weighted by atomic mass is 32.2. The molecule has 7 heteroatoms. The molecule has 1 amide bonds. The summed E-state index contributed by atoms with van der Waals surface area (Å²) < 4.78 is 0. The van der Waals surface area contributed by atoms with Crippen LogP contribution in [-0.4, -0.2) is 21.9 Å². The van der Waals surface area contributed by atoms with Gasteiger partial charge in [-0.05, 0) is 18.4 Å². The molecule has 6 nitrogen and oxygen atoms in total. The standard InChI is InChI=1S/C18H22N4O2S/c19-14-11-15(23)22-18(21-14)25-16(12-7-3-1-4-8-12)17(24)20-13-9-5-2-6-10-13/h1,3-4,7-8,11,13,16H,2,5-6,9-10H2,(H,20,24)(H3,19,21,22,23)/t16-/m0/s1. The number of carbonyl (C=O) groups is 1. The van der Waals surface area contributed by atoms with Crippen LogP contribution in [0.15, 0.2) is 46.3 Å². The largest absolute Gasteiger partial charge is 0.383 e. The van der Waals surface area contributed by atoms with E-state index in [9.17, 15) is 9.59 Å². The van der Waals surface area contributed by atoms with E-state index in [1.54, 1.807) is 0 Å². The average Bonchev–Trinajstić information content (AvgIpc) is 2.60. The van der Waals surface area contributed by atoms with Crippen LogP contribution in [0.4, 0.5) is 5.82 Å². The van der Waals surface area contributed by atoms with Crippen molar-refractivity contribution in [2.75, 3.05) is 5.73 Å². The van der Waals surface area contributed by atoms with Crippen molar-refractivity contribution < 1.29 is 4.79 Å². The molecule has 0 saturated heterocycles. The van der Waals surface area contributed by atoms with Crippen molar-refractivity contribution in [2.45, 2.75) is 48.6 Å². The first-order chi connectivity index (χ1) is 12.1. The SMILES string of the molecule is Nc1cc(=O)[nH]c(S[C@H](C(=O)NC2CCCCC2)c2ccccc2)n1. The summed E-state index contributed by atoms with van der Waals surface area (Å²) >= 11 is 1.21. The summed E-state index contributed by atoms with van der Waals surface area (Å²) in [7, 11) is 0. The van der Waals surface area contributed by atoms with Gasteiger partial charge in [-0.15, -0.1) is 0 Å². The number of amides is 1. The van der Waals surface area contributed by atoms with Crippen LogP contribution < -0.4 is 16.6 Å². The van der Waals surface area contributed by atoms with Crippen molar-refractivity contribution in [3.63, 3.8) is 0 Å². The molecule has 0 unspecified atom stereocenters. The second kappa shape index (κ2) is 8.20. The summed E-state index contributed by atoms with van der Waals surface area (Å²) in [5.41, 5.74) is 6.20. The van der Waals surface area contributed by atoms with Gasteiger partial charge >= 0.3 is 0 Å². The zero-order valence-electron chi connectivity index (χ0n) is 13.9. The fraction of sp³-hybridized carbons (Fsp3) is 0.389. The Balaban J connectivity index is 1.81. The summed E-state index contributed by atoms with van der Waals surface area (Å²) in [5.74, 6) is 0.0823. The van der Waals surface area contributed by atoms with Gasteiger partial charge in [0.15, 0.2) is 5.16 Å². The molecule has 0 bridgehead atoms. The second-order valence-electron chi connectivity index (χ2n) is 6.23. The second-order valence-corrected chi connectivity index (χ2v) is 7.32. The highest BCUT2D eigenvalue weighted by molar-refractivity contribution is 8.00. The normalized spacial score (nSPS) is 16.3. The van der Waals surface area contributed by atoms with Gasteiger partial charge in [0.05, 0.1) is 0 Å². The van der Waals surface area contributed by atoms with E-state index < -0.39 is 5.25 Å². The third-order valence-corrected chi connectivity index (χ3v) is 5.40. The number of nitrogens with zero attached hydrogens (tertiary/aromatic N) is 1. The fourth-order valence-corrected chi connectivity index (χ4v) is 4.05. The summed E-state index contributed by atoms with van der Waals surface area (Å²) in [6, 6.07) is 11.0. The molecule has 1 aliphatic carbocycles. The fourth-order valence-electron chi connectivity index (χ4n) is 3.05. The maximum Gasteiger partial charge on any atom is 0.253 e. The Bertz CT molecular complexity index is 772. The van der Waals surface area contributed by atoms with Crippen LogP contribution in [0.1, 0.15) is 42.9 Å². The summed E-state index contributed by atoms with van der Waals surface area (Å²) in [5, 5.41) is 3.01. The Kier molecular flexibility index (Phi) is 5.75. The number of hydrogen-bond acceptors (Lipinski definition) is 5. The quantitative estimate of drug-likeness (QED) is 0.563. The lowest BCUT2D eigenvalue weighted by molar-refractivity contribution is -0.121. The minimum absolute atomic E-state index is 0.0619. The number of hydrogen-bond donors (Lipinski definition) is 3. The molecule has 3 rings (SSSR count). The van der Waals surface area contributed by atoms with Gasteiger partial charge in [-0.25, -0.2) is 4.98 Å². The topological polar surface area (TPSA) is 101 Å². The smallest absolute Gasteiger partial charge is 0.253 e. The van der Waals surface area contributed by atoms with Crippen molar-refractivity contribution in [1.82, 2.24) is 15.3 Å². The van der Waals surface area contributed by atoms with E-state index >= 15 is 0 Å². The van der Waals surface area contributed by atoms with Crippen LogP contribution in [0, 0.1) is 0 Å². The lowest BCUT2D eigenvalue weighted by atomic mass is 9.95. The lowest BCUT2D eigenvalue weighted by Crippen LogP contribution is -2.38. The Labute approximate surface area is 150 Å². The number of nitrogens with one attached hydrogen (secondary N) is 2. The number of benzene rings is 1. The molecule has 1 saturated carbocycles. The molecule has 2 aromatic rings. The molecule has 0 radical (unpaired) electrons. The van der Waals surface area contributed by atoms with E-state index in [0.29, 0.717) is 5.16 Å². The molecular formula is C18H22N4O2S. The molecule has 1 aromatic carbocycles. The van der Waals surface area contributed by atoms with Gasteiger partial charge in [-0.2, -0.15) is 0 Å². The van der Waals surface area contributed by atoms with Crippen LogP contribution in [0.3, 0.4) is 0 Å². The van der Waals surface area contributed by atoms with Crippen molar-refractivity contribution in [1.29, 1.82) is 0 Å². The first-order valence-corrected chi connectivity index (χ1v) is 9.38. The number of thioether (sulfide) groups is 1. The van der Waals surface area contributed by atoms with E-state index in [1.165, 1.54) is 24.2 Å². The molecule has 132 valence electrons. The van der Waals surface area contributed by atoms with Crippen molar-refractivity contribution in [2.24, 2.45) is 0 Å². The van der Waals surface area contributed by atoms with Gasteiger partial charge in [0.2, 0.25) is 5.91 Å². The van der Waals surface area contributed by atoms with Gasteiger partial charge in [0.25, 0.3) is 5.56 Å². The molecule has 1 aromatic heterocycles. The zero-order valence-corrected chi connectivity index (χ0v) is 14.7. The molecule has 1 heterocycles. The van der Waals surface area contributed by atoms with Gasteiger partial charge < -0.3 is 16.0 Å². The first-order valence-electron chi connectivity index (χ1n) is 8.50. The summed E-state index contributed by atoms with van der Waals surface area (Å²) in [6.07, 6.45) is 5.57. The number of aromatic nitrogens is 2. The predicted molar refractivity (Wildman–Crippen MR) is 99.3 cm³/mol. The van der Waals surface area contributed by atoms with E-state index in [-0.39, 0.29) is 23.3 Å². The number of anilines is 1. The Morgan fingerprint density at radius 3 is 2.64 bits per heavy atom. The Morgan fingerprint density at radius 1 is 1.24 bits per heavy atom. The third-order valence-electron chi connectivity index (χ3n) is 4.26. The third kappa shape index (κ3) is 4.85. The van der Waals surface area contributed by atoms with Crippen molar-refractivity contribution in [3.8, 4) is 0 Å². The van der Waals surface area contributed by atoms with Crippen LogP contribution >= 0.6 is 11.8 Å². The highest BCUT2D eigenvalue weighted by Crippen LogP contribution is 2.34. The monoisotopic (exact) mass is 358 g/mol. The van der Waals surface area contributed by atoms with Crippen molar-refractivity contribution in [3.05, 3.63) is 52.3 Å². The predicted octanol–water partition coefficient (Wildman–Crippen LogP) is 2.63. The minimum Gasteiger partial charge on any atom is -0.383 e. The first kappa shape index (κ1) is 17.5. The van der Waals surface area contributed by atoms with Crippen molar-refractivity contribution >= 4 is 23.5 Å². The van der Waals surface area contributed by atoms with Crippen LogP contribution in [0.2, 0.25) is 0 Å². The molecule has 0 spiro atoms. The Morgan fingerprint density at radius 2 is 1.96 bits per heavy atom. The highest BCUT2D eigenvalue weighted by Gasteiger charge is 2.26. The zero-order chi connectivity index (χ0) is 17.6.